The van der Waals surface area contributed by atoms with Gasteiger partial charge in [0.25, 0.3) is 0 Å². The summed E-state index contributed by atoms with van der Waals surface area (Å²) < 4.78 is 51.5. The van der Waals surface area contributed by atoms with Gasteiger partial charge in [-0.25, -0.2) is 0 Å². The van der Waals surface area contributed by atoms with Crippen molar-refractivity contribution in [1.82, 2.24) is 0 Å². The van der Waals surface area contributed by atoms with E-state index in [9.17, 15) is 14.7 Å². The van der Waals surface area contributed by atoms with E-state index in [1.165, 1.54) is 0 Å². The van der Waals surface area contributed by atoms with Gasteiger partial charge in [-0.1, -0.05) is 127 Å². The van der Waals surface area contributed by atoms with Crippen LogP contribution in [0, 0.1) is 0 Å². The lowest BCUT2D eigenvalue weighted by atomic mass is 9.90. The van der Waals surface area contributed by atoms with Crippen LogP contribution in [0.1, 0.15) is 71.8 Å². The molecule has 6 aromatic carbocycles. The number of carbonyl (C=O) groups is 2. The van der Waals surface area contributed by atoms with Gasteiger partial charge in [0.15, 0.2) is 23.7 Å². The van der Waals surface area contributed by atoms with Crippen LogP contribution in [0.2, 0.25) is 0 Å². The third-order valence-electron chi connectivity index (χ3n) is 10.2. The van der Waals surface area contributed by atoms with Gasteiger partial charge < -0.3 is 43.0 Å². The summed E-state index contributed by atoms with van der Waals surface area (Å²) in [6.45, 7) is 3.88. The number of aliphatic carboxylic acids is 1. The topological polar surface area (TPSA) is 128 Å². The number of fused-ring (bicyclic) bond motifs is 1. The Kier molecular flexibility index (Phi) is 16.1. The second-order valence-corrected chi connectivity index (χ2v) is 14.9. The normalized spacial score (nSPS) is 15.3. The zero-order valence-corrected chi connectivity index (χ0v) is 35.3. The zero-order valence-electron chi connectivity index (χ0n) is 35.3. The molecule has 63 heavy (non-hydrogen) atoms. The van der Waals surface area contributed by atoms with E-state index in [0.717, 1.165) is 22.3 Å². The fraction of sp³-hybridized carbons (Fsp3) is 0.269. The number of benzene rings is 6. The molecule has 0 saturated carbocycles. The SMILES string of the molecule is CCOCCO[C@H]1c2c(OCc3ccccc3)cc(OCc3ccccc3)cc2O[C@H](c2ccc(OCc3ccccc3)c(OCc3ccccc3)c2)[C@H]1OC(=O)CCCC(=O)O. The van der Waals surface area contributed by atoms with Gasteiger partial charge in [-0.2, -0.15) is 0 Å². The summed E-state index contributed by atoms with van der Waals surface area (Å²) in [6.07, 6.45) is -3.19. The first-order chi connectivity index (χ1) is 30.9. The molecular weight excluding hydrogens is 801 g/mol. The van der Waals surface area contributed by atoms with Crippen molar-refractivity contribution in [2.45, 2.75) is 70.9 Å². The average Bonchev–Trinajstić information content (AvgIpc) is 3.31. The summed E-state index contributed by atoms with van der Waals surface area (Å²) in [5, 5.41) is 9.34. The van der Waals surface area contributed by atoms with Gasteiger partial charge in [-0.15, -0.1) is 0 Å². The largest absolute Gasteiger partial charge is 0.489 e. The smallest absolute Gasteiger partial charge is 0.306 e. The number of hydrogen-bond acceptors (Lipinski definition) is 10. The Balaban J connectivity index is 1.31. The van der Waals surface area contributed by atoms with E-state index in [1.54, 1.807) is 12.1 Å². The fourth-order valence-corrected chi connectivity index (χ4v) is 7.10. The minimum atomic E-state index is -1.08. The van der Waals surface area contributed by atoms with Crippen molar-refractivity contribution >= 4 is 11.9 Å². The summed E-state index contributed by atoms with van der Waals surface area (Å²) >= 11 is 0. The van der Waals surface area contributed by atoms with Crippen molar-refractivity contribution in [2.24, 2.45) is 0 Å². The molecule has 11 heteroatoms. The Morgan fingerprint density at radius 1 is 0.587 bits per heavy atom. The Morgan fingerprint density at radius 2 is 1.13 bits per heavy atom. The Hall–Kier alpha value is -6.82. The van der Waals surface area contributed by atoms with Crippen LogP contribution in [0.15, 0.2) is 152 Å². The monoisotopic (exact) mass is 852 g/mol. The molecule has 3 atom stereocenters. The van der Waals surface area contributed by atoms with Crippen molar-refractivity contribution in [3.05, 3.63) is 185 Å². The summed E-state index contributed by atoms with van der Waals surface area (Å²) in [5.74, 6) is 0.675. The van der Waals surface area contributed by atoms with Gasteiger partial charge in [-0.05, 0) is 47.7 Å². The standard InChI is InChI=1S/C52H52O11/c1-2-56-28-29-57-51-49-45(61-36-40-22-13-6-14-23-40)31-42(58-33-37-16-7-3-8-17-37)32-46(49)62-50(52(51)63-48(55)25-15-24-47(53)54)41-26-27-43(59-34-38-18-9-4-10-19-38)44(30-41)60-35-39-20-11-5-12-21-39/h3-14,16-23,26-27,30-32,50-52H,2,15,24-25,28-29,33-36H2,1H3,(H,53,54)/t50-,51+,52-/m1/s1. The number of carboxylic acid groups (broad SMARTS) is 1. The lowest BCUT2D eigenvalue weighted by molar-refractivity contribution is -0.174. The minimum Gasteiger partial charge on any atom is -0.489 e. The molecule has 11 nitrogen and oxygen atoms in total. The zero-order chi connectivity index (χ0) is 43.6. The van der Waals surface area contributed by atoms with Crippen molar-refractivity contribution in [3.8, 4) is 28.7 Å². The number of ether oxygens (including phenoxy) is 8. The number of carboxylic acids is 1. The number of rotatable bonds is 23. The van der Waals surface area contributed by atoms with E-state index >= 15 is 0 Å². The quantitative estimate of drug-likeness (QED) is 0.0489. The van der Waals surface area contributed by atoms with Crippen LogP contribution < -0.4 is 23.7 Å². The lowest BCUT2D eigenvalue weighted by Gasteiger charge is -2.40. The van der Waals surface area contributed by atoms with Gasteiger partial charge in [0.1, 0.15) is 49.8 Å². The van der Waals surface area contributed by atoms with Crippen molar-refractivity contribution in [3.63, 3.8) is 0 Å². The highest BCUT2D eigenvalue weighted by molar-refractivity contribution is 5.72. The fourth-order valence-electron chi connectivity index (χ4n) is 7.10. The molecule has 1 N–H and O–H groups in total. The van der Waals surface area contributed by atoms with Crippen LogP contribution in [-0.4, -0.2) is 43.0 Å². The van der Waals surface area contributed by atoms with Gasteiger partial charge in [0, 0.05) is 37.1 Å². The highest BCUT2D eigenvalue weighted by Crippen LogP contribution is 2.51. The molecule has 1 aliphatic heterocycles. The van der Waals surface area contributed by atoms with Crippen LogP contribution in [0.4, 0.5) is 0 Å². The van der Waals surface area contributed by atoms with Crippen LogP contribution in [0.5, 0.6) is 28.7 Å². The third kappa shape index (κ3) is 12.9. The van der Waals surface area contributed by atoms with E-state index < -0.39 is 30.3 Å². The summed E-state index contributed by atoms with van der Waals surface area (Å²) in [5.41, 5.74) is 4.99. The highest BCUT2D eigenvalue weighted by atomic mass is 16.6. The Bertz CT molecular complexity index is 2340. The summed E-state index contributed by atoms with van der Waals surface area (Å²) in [6, 6.07) is 48.4. The van der Waals surface area contributed by atoms with Gasteiger partial charge in [-0.3, -0.25) is 9.59 Å². The number of hydrogen-bond donors (Lipinski definition) is 1. The number of esters is 1. The van der Waals surface area contributed by atoms with Crippen molar-refractivity contribution in [1.29, 1.82) is 0 Å². The van der Waals surface area contributed by atoms with Crippen LogP contribution in [0.25, 0.3) is 0 Å². The molecule has 1 aliphatic rings. The maximum absolute atomic E-state index is 13.7. The van der Waals surface area contributed by atoms with E-state index in [4.69, 9.17) is 37.9 Å². The molecule has 7 rings (SSSR count). The van der Waals surface area contributed by atoms with E-state index in [1.807, 2.05) is 146 Å². The minimum absolute atomic E-state index is 0.0946. The Morgan fingerprint density at radius 3 is 1.68 bits per heavy atom. The van der Waals surface area contributed by atoms with Crippen molar-refractivity contribution < 1.29 is 52.6 Å². The third-order valence-corrected chi connectivity index (χ3v) is 10.2. The van der Waals surface area contributed by atoms with E-state index in [-0.39, 0.29) is 45.7 Å². The average molecular weight is 853 g/mol. The summed E-state index contributed by atoms with van der Waals surface area (Å²) in [7, 11) is 0. The second kappa shape index (κ2) is 22.9. The van der Waals surface area contributed by atoms with Crippen LogP contribution >= 0.6 is 0 Å². The maximum atomic E-state index is 13.7. The highest BCUT2D eigenvalue weighted by Gasteiger charge is 2.45. The molecule has 0 aliphatic carbocycles. The molecule has 326 valence electrons. The molecule has 0 unspecified atom stereocenters. The van der Waals surface area contributed by atoms with Gasteiger partial charge in [0.05, 0.1) is 18.8 Å². The molecular formula is C52H52O11. The molecule has 6 aromatic rings. The molecule has 0 radical (unpaired) electrons. The molecule has 0 amide bonds. The molecule has 0 bridgehead atoms. The first-order valence-electron chi connectivity index (χ1n) is 21.2. The van der Waals surface area contributed by atoms with Crippen LogP contribution in [-0.2, 0) is 50.2 Å². The first kappa shape index (κ1) is 44.2. The summed E-state index contributed by atoms with van der Waals surface area (Å²) in [4.78, 5) is 25.1. The van der Waals surface area contributed by atoms with E-state index in [2.05, 4.69) is 0 Å². The molecule has 0 fully saturated rings. The van der Waals surface area contributed by atoms with Gasteiger partial charge in [0.2, 0.25) is 0 Å². The molecule has 0 spiro atoms. The van der Waals surface area contributed by atoms with Gasteiger partial charge >= 0.3 is 11.9 Å². The maximum Gasteiger partial charge on any atom is 0.306 e. The lowest BCUT2D eigenvalue weighted by Crippen LogP contribution is -2.40. The Labute approximate surface area is 368 Å². The first-order valence-corrected chi connectivity index (χ1v) is 21.2. The second-order valence-electron chi connectivity index (χ2n) is 14.9. The molecule has 0 aromatic heterocycles. The van der Waals surface area contributed by atoms with E-state index in [0.29, 0.717) is 59.7 Å². The number of carbonyl (C=O) groups excluding carboxylic acids is 1. The molecule has 1 heterocycles. The van der Waals surface area contributed by atoms with Crippen molar-refractivity contribution in [2.75, 3.05) is 19.8 Å². The predicted molar refractivity (Wildman–Crippen MR) is 236 cm³/mol. The molecule has 0 saturated heterocycles. The van der Waals surface area contributed by atoms with Crippen LogP contribution in [0.3, 0.4) is 0 Å². The predicted octanol–water partition coefficient (Wildman–Crippen LogP) is 10.4.